The molecule has 0 radical (unpaired) electrons. The first kappa shape index (κ1) is 27.6. The molecule has 182 valence electrons. The van der Waals surface area contributed by atoms with Gasteiger partial charge in [-0.25, -0.2) is 0 Å². The van der Waals surface area contributed by atoms with Gasteiger partial charge in [0.1, 0.15) is 0 Å². The zero-order chi connectivity index (χ0) is 24.8. The van der Waals surface area contributed by atoms with Gasteiger partial charge in [-0.1, -0.05) is 32.6 Å². The largest absolute Gasteiger partial charge is 0.493 e. The number of carbonyl (C=O) groups excluding carboxylic acids is 1. The average Bonchev–Trinajstić information content (AvgIpc) is 2.88. The third-order valence-corrected chi connectivity index (χ3v) is 4.49. The molecule has 2 aromatic carbocycles. The maximum Gasteiger partial charge on any atom is 0.255 e. The van der Waals surface area contributed by atoms with Gasteiger partial charge in [0.15, 0.2) is 23.0 Å². The van der Waals surface area contributed by atoms with Crippen molar-refractivity contribution in [2.75, 3.05) is 53.1 Å². The van der Waals surface area contributed by atoms with E-state index in [4.69, 9.17) is 28.8 Å². The van der Waals surface area contributed by atoms with E-state index in [-0.39, 0.29) is 12.5 Å². The number of hydrogen-bond acceptors (Lipinski definition) is 7. The minimum atomic E-state index is -0.0794. The van der Waals surface area contributed by atoms with Gasteiger partial charge in [0, 0.05) is 30.7 Å². The van der Waals surface area contributed by atoms with Gasteiger partial charge in [0.2, 0.25) is 5.75 Å². The summed E-state index contributed by atoms with van der Waals surface area (Å²) < 4.78 is 26.2. The third-order valence-electron chi connectivity index (χ3n) is 4.49. The summed E-state index contributed by atoms with van der Waals surface area (Å²) in [7, 11) is 6.22. The van der Waals surface area contributed by atoms with E-state index in [0.717, 1.165) is 11.5 Å². The minimum Gasteiger partial charge on any atom is -0.493 e. The Labute approximate surface area is 196 Å². The molecule has 0 aliphatic carbocycles. The van der Waals surface area contributed by atoms with Crippen LogP contribution in [0.1, 0.15) is 20.3 Å². The first-order chi connectivity index (χ1) is 16.0. The average molecular weight is 462 g/mol. The van der Waals surface area contributed by atoms with Crippen LogP contribution >= 0.6 is 0 Å². The van der Waals surface area contributed by atoms with E-state index in [0.29, 0.717) is 48.1 Å². The van der Waals surface area contributed by atoms with Gasteiger partial charge >= 0.3 is 0 Å². The van der Waals surface area contributed by atoms with Gasteiger partial charge in [0.25, 0.3) is 5.91 Å². The van der Waals surface area contributed by atoms with Gasteiger partial charge in [-0.2, -0.15) is 0 Å². The fourth-order valence-electron chi connectivity index (χ4n) is 2.85. The van der Waals surface area contributed by atoms with Crippen molar-refractivity contribution in [1.82, 2.24) is 0 Å². The van der Waals surface area contributed by atoms with Gasteiger partial charge in [-0.15, -0.1) is 0 Å². The number of aliphatic hydroxyl groups is 1. The highest BCUT2D eigenvalue weighted by Crippen LogP contribution is 2.42. The smallest absolute Gasteiger partial charge is 0.255 e. The van der Waals surface area contributed by atoms with Crippen molar-refractivity contribution in [3.05, 3.63) is 48.6 Å². The number of β-lactam (4-membered cyclic amide) rings is 1. The van der Waals surface area contributed by atoms with Crippen LogP contribution in [0.15, 0.2) is 48.6 Å². The summed E-state index contributed by atoms with van der Waals surface area (Å²) in [6, 6.07) is 10.9. The fourth-order valence-corrected chi connectivity index (χ4v) is 2.85. The van der Waals surface area contributed by atoms with Crippen molar-refractivity contribution in [2.45, 2.75) is 20.3 Å². The molecule has 0 aromatic heterocycles. The lowest BCUT2D eigenvalue weighted by atomic mass is 10.1. The number of ether oxygens (including phenoxy) is 5. The molecular formula is C25H35NO7. The van der Waals surface area contributed by atoms with E-state index in [1.165, 1.54) is 21.3 Å². The van der Waals surface area contributed by atoms with Crippen LogP contribution in [0.2, 0.25) is 0 Å². The Kier molecular flexibility index (Phi) is 12.3. The van der Waals surface area contributed by atoms with Crippen molar-refractivity contribution < 1.29 is 33.6 Å². The van der Waals surface area contributed by atoms with Gasteiger partial charge < -0.3 is 33.7 Å². The molecule has 1 saturated heterocycles. The summed E-state index contributed by atoms with van der Waals surface area (Å²) in [6.45, 7) is 8.84. The number of nitrogens with zero attached hydrogens (tertiary/aromatic N) is 1. The minimum absolute atomic E-state index is 0.0794. The Morgan fingerprint density at radius 2 is 1.45 bits per heavy atom. The first-order valence-electron chi connectivity index (χ1n) is 10.7. The Morgan fingerprint density at radius 1 is 0.909 bits per heavy atom. The maximum atomic E-state index is 11.6. The van der Waals surface area contributed by atoms with E-state index in [9.17, 15) is 4.79 Å². The highest BCUT2D eigenvalue weighted by Gasteiger charge is 2.31. The number of aliphatic hydroxyl groups excluding tert-OH is 1. The number of para-hydroxylation sites is 2. The number of amides is 1. The number of methoxy groups -OCH3 is 4. The van der Waals surface area contributed by atoms with Crippen LogP contribution in [0.5, 0.6) is 28.7 Å². The predicted octanol–water partition coefficient (Wildman–Crippen LogP) is 4.10. The molecule has 1 aliphatic heterocycles. The summed E-state index contributed by atoms with van der Waals surface area (Å²) in [4.78, 5) is 13.2. The molecule has 1 amide bonds. The molecule has 1 fully saturated rings. The molecule has 0 bridgehead atoms. The van der Waals surface area contributed by atoms with Gasteiger partial charge in [-0.05, 0) is 12.1 Å². The molecule has 2 aromatic rings. The molecule has 33 heavy (non-hydrogen) atoms. The van der Waals surface area contributed by atoms with E-state index < -0.39 is 0 Å². The van der Waals surface area contributed by atoms with Crippen LogP contribution in [0, 0.1) is 0 Å². The molecule has 0 spiro atoms. The zero-order valence-electron chi connectivity index (χ0n) is 20.3. The van der Waals surface area contributed by atoms with Gasteiger partial charge in [0.05, 0.1) is 47.3 Å². The molecular weight excluding hydrogens is 426 g/mol. The topological polar surface area (TPSA) is 86.7 Å². The number of anilines is 1. The molecule has 1 N–H and O–H groups in total. The zero-order valence-corrected chi connectivity index (χ0v) is 20.3. The van der Waals surface area contributed by atoms with E-state index >= 15 is 0 Å². The van der Waals surface area contributed by atoms with E-state index in [1.807, 2.05) is 38.1 Å². The molecule has 0 unspecified atom stereocenters. The Hall–Kier alpha value is -3.39. The number of benzene rings is 2. The molecule has 8 heteroatoms. The fraction of sp³-hybridized carbons (Fsp3) is 0.400. The highest BCUT2D eigenvalue weighted by atomic mass is 16.5. The van der Waals surface area contributed by atoms with Crippen LogP contribution in [0.3, 0.4) is 0 Å². The van der Waals surface area contributed by atoms with Crippen molar-refractivity contribution in [2.24, 2.45) is 0 Å². The second-order valence-electron chi connectivity index (χ2n) is 6.45. The molecule has 0 saturated carbocycles. The predicted molar refractivity (Wildman–Crippen MR) is 129 cm³/mol. The summed E-state index contributed by atoms with van der Waals surface area (Å²) >= 11 is 0. The van der Waals surface area contributed by atoms with Crippen LogP contribution in [-0.2, 0) is 4.79 Å². The molecule has 1 heterocycles. The normalized spacial score (nSPS) is 11.8. The lowest BCUT2D eigenvalue weighted by Crippen LogP contribution is -2.45. The lowest BCUT2D eigenvalue weighted by Gasteiger charge is -2.33. The molecule has 8 nitrogen and oxygen atoms in total. The van der Waals surface area contributed by atoms with Crippen LogP contribution in [0.25, 0.3) is 0 Å². The second-order valence-corrected chi connectivity index (χ2v) is 6.45. The Balaban J connectivity index is 0.000000322. The standard InChI is InChI=1S/C13H15NO4.C10H14O3.C2H6/c1-8-7-14(13(8)15)9-5-10(16-2)12(18-4)11(6-9)17-3;1-12-9-5-2-3-6-10(9)13-8-4-7-11;1-2/h5-6H,1,7H2,2-4H3;2-3,5-6,11H,4,7-8H2,1H3;1-2H3. The molecule has 0 atom stereocenters. The third kappa shape index (κ3) is 7.32. The summed E-state index contributed by atoms with van der Waals surface area (Å²) in [6.07, 6.45) is 0.637. The van der Waals surface area contributed by atoms with Crippen molar-refractivity contribution in [1.29, 1.82) is 0 Å². The SMILES string of the molecule is C=C1CN(c2cc(OC)c(OC)c(OC)c2)C1=O.CC.COc1ccccc1OCCCO. The van der Waals surface area contributed by atoms with Crippen LogP contribution in [0.4, 0.5) is 5.69 Å². The lowest BCUT2D eigenvalue weighted by molar-refractivity contribution is -0.117. The number of rotatable bonds is 9. The Morgan fingerprint density at radius 3 is 1.88 bits per heavy atom. The van der Waals surface area contributed by atoms with Crippen LogP contribution in [-0.4, -0.2) is 59.2 Å². The summed E-state index contributed by atoms with van der Waals surface area (Å²) in [5.41, 5.74) is 1.31. The van der Waals surface area contributed by atoms with E-state index in [2.05, 4.69) is 6.58 Å². The van der Waals surface area contributed by atoms with Crippen LogP contribution < -0.4 is 28.6 Å². The molecule has 1 aliphatic rings. The second kappa shape index (κ2) is 14.6. The van der Waals surface area contributed by atoms with Crippen molar-refractivity contribution in [3.8, 4) is 28.7 Å². The Bertz CT molecular complexity index is 873. The van der Waals surface area contributed by atoms with E-state index in [1.54, 1.807) is 24.1 Å². The highest BCUT2D eigenvalue weighted by molar-refractivity contribution is 6.13. The summed E-state index contributed by atoms with van der Waals surface area (Å²) in [5, 5.41) is 8.56. The quantitative estimate of drug-likeness (QED) is 0.342. The monoisotopic (exact) mass is 461 g/mol. The summed E-state index contributed by atoms with van der Waals surface area (Å²) in [5.74, 6) is 2.92. The number of hydrogen-bond donors (Lipinski definition) is 1. The van der Waals surface area contributed by atoms with Gasteiger partial charge in [-0.3, -0.25) is 4.79 Å². The maximum absolute atomic E-state index is 11.6. The number of carbonyl (C=O) groups is 1. The first-order valence-corrected chi connectivity index (χ1v) is 10.7. The van der Waals surface area contributed by atoms with Crippen molar-refractivity contribution in [3.63, 3.8) is 0 Å². The molecule has 3 rings (SSSR count). The van der Waals surface area contributed by atoms with Crippen molar-refractivity contribution >= 4 is 11.6 Å².